The number of rotatable bonds is 7. The molecule has 0 bridgehead atoms. The lowest BCUT2D eigenvalue weighted by molar-refractivity contribution is -0.147. The zero-order chi connectivity index (χ0) is 16.6. The molecule has 124 valence electrons. The molecular weight excluding hydrogens is 272 g/mol. The van der Waals surface area contributed by atoms with Gasteiger partial charge < -0.3 is 20.5 Å². The van der Waals surface area contributed by atoms with Crippen LogP contribution < -0.4 is 11.1 Å². The summed E-state index contributed by atoms with van der Waals surface area (Å²) in [6.07, 6.45) is 0.589. The molecule has 2 atom stereocenters. The van der Waals surface area contributed by atoms with Crippen LogP contribution in [0.1, 0.15) is 54.4 Å². The summed E-state index contributed by atoms with van der Waals surface area (Å²) >= 11 is 0. The highest BCUT2D eigenvalue weighted by atomic mass is 16.6. The van der Waals surface area contributed by atoms with Crippen molar-refractivity contribution in [3.63, 3.8) is 0 Å². The van der Waals surface area contributed by atoms with Crippen LogP contribution >= 0.6 is 0 Å². The lowest BCUT2D eigenvalue weighted by atomic mass is 10.0. The monoisotopic (exact) mass is 302 g/mol. The van der Waals surface area contributed by atoms with Gasteiger partial charge in [0.2, 0.25) is 0 Å². The summed E-state index contributed by atoms with van der Waals surface area (Å²) in [6.45, 7) is 11.3. The molecule has 0 saturated carbocycles. The molecule has 0 fully saturated rings. The number of hydrogen-bond donors (Lipinski definition) is 2. The standard InChI is InChI=1S/C15H30N2O4/c1-7-11(16)9-20-13(18)12(8-10(2)3)17-14(19)21-15(4,5)6/h10-12H,7-9,16H2,1-6H3,(H,17,19)/t11-,12-/m0/s1. The SMILES string of the molecule is CC[C@H](N)COC(=O)[C@H](CC(C)C)NC(=O)OC(C)(C)C. The normalized spacial score (nSPS) is 14.5. The fraction of sp³-hybridized carbons (Fsp3) is 0.867. The third kappa shape index (κ3) is 10.1. The molecule has 6 heteroatoms. The van der Waals surface area contributed by atoms with Gasteiger partial charge in [-0.05, 0) is 39.5 Å². The molecule has 0 aliphatic rings. The van der Waals surface area contributed by atoms with Crippen LogP contribution in [0.2, 0.25) is 0 Å². The minimum absolute atomic E-state index is 0.153. The van der Waals surface area contributed by atoms with Crippen molar-refractivity contribution in [2.45, 2.75) is 72.1 Å². The summed E-state index contributed by atoms with van der Waals surface area (Å²) in [7, 11) is 0. The predicted octanol–water partition coefficient (Wildman–Crippen LogP) is 2.21. The predicted molar refractivity (Wildman–Crippen MR) is 81.8 cm³/mol. The minimum Gasteiger partial charge on any atom is -0.463 e. The Kier molecular flexibility index (Phi) is 8.32. The number of nitrogens with two attached hydrogens (primary N) is 1. The fourth-order valence-electron chi connectivity index (χ4n) is 1.54. The molecule has 0 heterocycles. The van der Waals surface area contributed by atoms with Gasteiger partial charge in [-0.2, -0.15) is 0 Å². The smallest absolute Gasteiger partial charge is 0.408 e. The number of alkyl carbamates (subject to hydrolysis) is 1. The van der Waals surface area contributed by atoms with Crippen molar-refractivity contribution in [2.75, 3.05) is 6.61 Å². The zero-order valence-corrected chi connectivity index (χ0v) is 14.1. The third-order valence-electron chi connectivity index (χ3n) is 2.65. The molecule has 0 aliphatic heterocycles. The molecule has 0 radical (unpaired) electrons. The molecule has 3 N–H and O–H groups in total. The van der Waals surface area contributed by atoms with Crippen LogP contribution in [-0.4, -0.2) is 36.4 Å². The van der Waals surface area contributed by atoms with Gasteiger partial charge in [0, 0.05) is 6.04 Å². The van der Waals surface area contributed by atoms with Crippen molar-refractivity contribution in [3.8, 4) is 0 Å². The van der Waals surface area contributed by atoms with Crippen molar-refractivity contribution in [1.82, 2.24) is 5.32 Å². The first-order chi connectivity index (χ1) is 9.55. The van der Waals surface area contributed by atoms with E-state index in [1.807, 2.05) is 20.8 Å². The summed E-state index contributed by atoms with van der Waals surface area (Å²) in [5.74, 6) is -0.240. The van der Waals surface area contributed by atoms with Gasteiger partial charge in [-0.3, -0.25) is 0 Å². The molecule has 0 aliphatic carbocycles. The Bertz CT molecular complexity index is 337. The molecule has 0 unspecified atom stereocenters. The van der Waals surface area contributed by atoms with Gasteiger partial charge in [0.1, 0.15) is 18.2 Å². The molecule has 1 amide bonds. The first-order valence-electron chi connectivity index (χ1n) is 7.46. The third-order valence-corrected chi connectivity index (χ3v) is 2.65. The molecule has 0 saturated heterocycles. The van der Waals surface area contributed by atoms with Gasteiger partial charge in [-0.15, -0.1) is 0 Å². The second-order valence-corrected chi connectivity index (χ2v) is 6.63. The Morgan fingerprint density at radius 3 is 2.24 bits per heavy atom. The Morgan fingerprint density at radius 1 is 1.24 bits per heavy atom. The average Bonchev–Trinajstić information content (AvgIpc) is 2.31. The highest BCUT2D eigenvalue weighted by Crippen LogP contribution is 2.10. The van der Waals surface area contributed by atoms with Crippen LogP contribution in [0.4, 0.5) is 4.79 Å². The molecular formula is C15H30N2O4. The molecule has 21 heavy (non-hydrogen) atoms. The summed E-state index contributed by atoms with van der Waals surface area (Å²) in [5.41, 5.74) is 5.11. The summed E-state index contributed by atoms with van der Waals surface area (Å²) < 4.78 is 10.3. The number of amides is 1. The van der Waals surface area contributed by atoms with E-state index in [-0.39, 0.29) is 18.6 Å². The number of carbonyl (C=O) groups is 2. The molecule has 0 aromatic carbocycles. The van der Waals surface area contributed by atoms with Gasteiger partial charge in [0.25, 0.3) is 0 Å². The Hall–Kier alpha value is -1.30. The molecule has 0 aromatic rings. The number of nitrogens with one attached hydrogen (secondary N) is 1. The molecule has 0 aromatic heterocycles. The highest BCUT2D eigenvalue weighted by Gasteiger charge is 2.26. The highest BCUT2D eigenvalue weighted by molar-refractivity contribution is 5.81. The van der Waals surface area contributed by atoms with E-state index in [9.17, 15) is 9.59 Å². The van der Waals surface area contributed by atoms with Gasteiger partial charge >= 0.3 is 12.1 Å². The van der Waals surface area contributed by atoms with Crippen LogP contribution in [0.5, 0.6) is 0 Å². The average molecular weight is 302 g/mol. The van der Waals surface area contributed by atoms with Crippen molar-refractivity contribution < 1.29 is 19.1 Å². The number of hydrogen-bond acceptors (Lipinski definition) is 5. The van der Waals surface area contributed by atoms with Crippen molar-refractivity contribution in [1.29, 1.82) is 0 Å². The molecule has 0 spiro atoms. The Labute approximate surface area is 127 Å². The maximum Gasteiger partial charge on any atom is 0.408 e. The number of ether oxygens (including phenoxy) is 2. The van der Waals surface area contributed by atoms with E-state index in [0.29, 0.717) is 6.42 Å². The lowest BCUT2D eigenvalue weighted by Crippen LogP contribution is -2.45. The van der Waals surface area contributed by atoms with Crippen LogP contribution in [0, 0.1) is 5.92 Å². The second-order valence-electron chi connectivity index (χ2n) is 6.63. The van der Waals surface area contributed by atoms with Crippen LogP contribution in [0.25, 0.3) is 0 Å². The first kappa shape index (κ1) is 19.7. The van der Waals surface area contributed by atoms with Crippen LogP contribution in [0.15, 0.2) is 0 Å². The Balaban J connectivity index is 4.57. The lowest BCUT2D eigenvalue weighted by Gasteiger charge is -2.24. The maximum absolute atomic E-state index is 12.1. The first-order valence-corrected chi connectivity index (χ1v) is 7.46. The van der Waals surface area contributed by atoms with E-state index < -0.39 is 23.7 Å². The molecule has 0 rings (SSSR count). The van der Waals surface area contributed by atoms with Gasteiger partial charge in [0.05, 0.1) is 0 Å². The second kappa shape index (κ2) is 8.87. The van der Waals surface area contributed by atoms with Gasteiger partial charge in [-0.1, -0.05) is 20.8 Å². The fourth-order valence-corrected chi connectivity index (χ4v) is 1.54. The van der Waals surface area contributed by atoms with Gasteiger partial charge in [0.15, 0.2) is 0 Å². The summed E-state index contributed by atoms with van der Waals surface area (Å²) in [5, 5.41) is 2.57. The summed E-state index contributed by atoms with van der Waals surface area (Å²) in [6, 6.07) is -0.904. The van der Waals surface area contributed by atoms with Crippen molar-refractivity contribution >= 4 is 12.1 Å². The van der Waals surface area contributed by atoms with E-state index in [4.69, 9.17) is 15.2 Å². The zero-order valence-electron chi connectivity index (χ0n) is 14.1. The van der Waals surface area contributed by atoms with E-state index in [2.05, 4.69) is 5.32 Å². The number of carbonyl (C=O) groups excluding carboxylic acids is 2. The van der Waals surface area contributed by atoms with E-state index >= 15 is 0 Å². The van der Waals surface area contributed by atoms with Crippen LogP contribution in [0.3, 0.4) is 0 Å². The number of esters is 1. The van der Waals surface area contributed by atoms with E-state index in [0.717, 1.165) is 6.42 Å². The van der Waals surface area contributed by atoms with E-state index in [1.54, 1.807) is 20.8 Å². The maximum atomic E-state index is 12.1. The molecule has 6 nitrogen and oxygen atoms in total. The van der Waals surface area contributed by atoms with Crippen LogP contribution in [-0.2, 0) is 14.3 Å². The topological polar surface area (TPSA) is 90.6 Å². The largest absolute Gasteiger partial charge is 0.463 e. The van der Waals surface area contributed by atoms with Crippen molar-refractivity contribution in [2.24, 2.45) is 11.7 Å². The summed E-state index contributed by atoms with van der Waals surface area (Å²) in [4.78, 5) is 23.8. The van der Waals surface area contributed by atoms with E-state index in [1.165, 1.54) is 0 Å². The van der Waals surface area contributed by atoms with Crippen molar-refractivity contribution in [3.05, 3.63) is 0 Å². The van der Waals surface area contributed by atoms with Gasteiger partial charge in [-0.25, -0.2) is 9.59 Å². The minimum atomic E-state index is -0.719. The quantitative estimate of drug-likeness (QED) is 0.704. The Morgan fingerprint density at radius 2 is 1.81 bits per heavy atom.